The van der Waals surface area contributed by atoms with Gasteiger partial charge in [-0.1, -0.05) is 25.5 Å². The maximum atomic E-state index is 12.2. The average Bonchev–Trinajstić information content (AvgIpc) is 2.91. The molecule has 26 heavy (non-hydrogen) atoms. The van der Waals surface area contributed by atoms with Gasteiger partial charge in [0.05, 0.1) is 12.7 Å². The molecule has 4 rings (SSSR count). The van der Waals surface area contributed by atoms with E-state index in [0.29, 0.717) is 23.8 Å². The molecule has 2 N–H and O–H groups in total. The summed E-state index contributed by atoms with van der Waals surface area (Å²) in [7, 11) is 0. The van der Waals surface area contributed by atoms with E-state index in [9.17, 15) is 19.8 Å². The second-order valence-corrected chi connectivity index (χ2v) is 9.50. The normalized spacial score (nSPS) is 47.4. The number of carbonyl (C=O) groups excluding carboxylic acids is 2. The van der Waals surface area contributed by atoms with E-state index in [1.807, 2.05) is 6.08 Å². The molecule has 0 unspecified atom stereocenters. The van der Waals surface area contributed by atoms with E-state index in [1.165, 1.54) is 0 Å². The van der Waals surface area contributed by atoms with Gasteiger partial charge in [0.25, 0.3) is 0 Å². The molecule has 0 spiro atoms. The Bertz CT molecular complexity index is 720. The molecule has 0 aromatic heterocycles. The molecule has 0 aromatic rings. The van der Waals surface area contributed by atoms with Crippen LogP contribution in [0.5, 0.6) is 0 Å². The van der Waals surface area contributed by atoms with Gasteiger partial charge >= 0.3 is 0 Å². The van der Waals surface area contributed by atoms with Crippen molar-refractivity contribution in [2.24, 2.45) is 34.5 Å². The molecule has 142 valence electrons. The van der Waals surface area contributed by atoms with Gasteiger partial charge in [-0.15, -0.1) is 0 Å². The molecular formula is C22H30O4. The van der Waals surface area contributed by atoms with E-state index in [0.717, 1.165) is 31.3 Å². The van der Waals surface area contributed by atoms with Crippen LogP contribution in [-0.4, -0.2) is 34.5 Å². The van der Waals surface area contributed by atoms with Crippen molar-refractivity contribution in [3.63, 3.8) is 0 Å². The first-order chi connectivity index (χ1) is 12.2. The molecule has 0 amide bonds. The van der Waals surface area contributed by atoms with Crippen LogP contribution in [0.4, 0.5) is 0 Å². The molecule has 3 saturated carbocycles. The van der Waals surface area contributed by atoms with E-state index in [1.54, 1.807) is 13.0 Å². The highest BCUT2D eigenvalue weighted by molar-refractivity contribution is 6.06. The third kappa shape index (κ3) is 2.27. The lowest BCUT2D eigenvalue weighted by Crippen LogP contribution is -2.56. The van der Waals surface area contributed by atoms with E-state index in [-0.39, 0.29) is 40.8 Å². The molecule has 0 saturated heterocycles. The van der Waals surface area contributed by atoms with Crippen LogP contribution >= 0.6 is 0 Å². The Labute approximate surface area is 155 Å². The minimum atomic E-state index is -0.487. The second kappa shape index (κ2) is 5.87. The van der Waals surface area contributed by atoms with Crippen molar-refractivity contribution in [2.75, 3.05) is 6.61 Å². The summed E-state index contributed by atoms with van der Waals surface area (Å²) >= 11 is 0. The Hall–Kier alpha value is -1.26. The fraction of sp³-hybridized carbons (Fsp3) is 0.727. The molecular weight excluding hydrogens is 328 g/mol. The molecule has 3 fully saturated rings. The van der Waals surface area contributed by atoms with Gasteiger partial charge in [-0.2, -0.15) is 0 Å². The summed E-state index contributed by atoms with van der Waals surface area (Å²) in [6, 6.07) is 0. The van der Waals surface area contributed by atoms with Crippen LogP contribution in [0.25, 0.3) is 0 Å². The SMILES string of the molecule is CC(=O)[C@H]1CC[C@H]2[C@@H]3CCC4=CC(=O)C(CO)=C[C@]4(C)[C@H]3[C@H](O)C[C@]12C. The molecule has 4 aliphatic carbocycles. The lowest BCUT2D eigenvalue weighted by atomic mass is 9.46. The number of rotatable bonds is 2. The predicted octanol–water partition coefficient (Wildman–Crippen LogP) is 2.83. The number of allylic oxidation sites excluding steroid dienone is 3. The zero-order valence-corrected chi connectivity index (χ0v) is 16.0. The molecule has 0 heterocycles. The number of ketones is 2. The van der Waals surface area contributed by atoms with Crippen molar-refractivity contribution < 1.29 is 19.8 Å². The quantitative estimate of drug-likeness (QED) is 0.796. The highest BCUT2D eigenvalue weighted by Gasteiger charge is 2.62. The highest BCUT2D eigenvalue weighted by Crippen LogP contribution is 2.66. The Morgan fingerprint density at radius 2 is 2.00 bits per heavy atom. The molecule has 4 aliphatic rings. The van der Waals surface area contributed by atoms with Gasteiger partial charge in [0.15, 0.2) is 5.78 Å². The Kier molecular flexibility index (Phi) is 4.09. The number of aliphatic hydroxyl groups is 2. The maximum absolute atomic E-state index is 12.2. The van der Waals surface area contributed by atoms with Crippen molar-refractivity contribution in [1.82, 2.24) is 0 Å². The summed E-state index contributed by atoms with van der Waals surface area (Å²) < 4.78 is 0. The Balaban J connectivity index is 1.75. The van der Waals surface area contributed by atoms with Crippen molar-refractivity contribution >= 4 is 11.6 Å². The van der Waals surface area contributed by atoms with Crippen molar-refractivity contribution in [1.29, 1.82) is 0 Å². The summed E-state index contributed by atoms with van der Waals surface area (Å²) in [5, 5.41) is 20.8. The van der Waals surface area contributed by atoms with E-state index in [2.05, 4.69) is 13.8 Å². The first kappa shape index (κ1) is 18.1. The zero-order valence-electron chi connectivity index (χ0n) is 16.0. The fourth-order valence-corrected chi connectivity index (χ4v) is 7.30. The molecule has 4 nitrogen and oxygen atoms in total. The third-order valence-corrected chi connectivity index (χ3v) is 8.34. The molecule has 0 bridgehead atoms. The summed E-state index contributed by atoms with van der Waals surface area (Å²) in [5.41, 5.74) is 1.07. The second-order valence-electron chi connectivity index (χ2n) is 9.50. The van der Waals surface area contributed by atoms with Gasteiger partial charge in [0.2, 0.25) is 0 Å². The number of Topliss-reactive ketones (excluding diaryl/α,β-unsaturated/α-hetero) is 1. The first-order valence-electron chi connectivity index (χ1n) is 9.99. The largest absolute Gasteiger partial charge is 0.393 e. The topological polar surface area (TPSA) is 74.6 Å². The van der Waals surface area contributed by atoms with Crippen molar-refractivity contribution in [3.05, 3.63) is 23.3 Å². The van der Waals surface area contributed by atoms with Gasteiger partial charge < -0.3 is 10.2 Å². The third-order valence-electron chi connectivity index (χ3n) is 8.34. The van der Waals surface area contributed by atoms with Crippen LogP contribution < -0.4 is 0 Å². The molecule has 0 aliphatic heterocycles. The predicted molar refractivity (Wildman–Crippen MR) is 98.2 cm³/mol. The smallest absolute Gasteiger partial charge is 0.183 e. The van der Waals surface area contributed by atoms with Gasteiger partial charge in [0.1, 0.15) is 5.78 Å². The van der Waals surface area contributed by atoms with Gasteiger partial charge in [-0.05, 0) is 62.4 Å². The molecule has 4 heteroatoms. The van der Waals surface area contributed by atoms with Crippen LogP contribution in [-0.2, 0) is 9.59 Å². The van der Waals surface area contributed by atoms with Crippen LogP contribution in [0.1, 0.15) is 52.9 Å². The van der Waals surface area contributed by atoms with Gasteiger partial charge in [-0.25, -0.2) is 0 Å². The monoisotopic (exact) mass is 358 g/mol. The molecule has 0 aromatic carbocycles. The fourth-order valence-electron chi connectivity index (χ4n) is 7.30. The number of carbonyl (C=O) groups is 2. The average molecular weight is 358 g/mol. The molecule has 0 radical (unpaired) electrons. The summed E-state index contributed by atoms with van der Waals surface area (Å²) in [5.74, 6) is 1.09. The zero-order chi connectivity index (χ0) is 18.9. The minimum absolute atomic E-state index is 0.0564. The maximum Gasteiger partial charge on any atom is 0.183 e. The van der Waals surface area contributed by atoms with Crippen LogP contribution in [0, 0.1) is 34.5 Å². The lowest BCUT2D eigenvalue weighted by molar-refractivity contribution is -0.137. The Morgan fingerprint density at radius 3 is 2.65 bits per heavy atom. The summed E-state index contributed by atoms with van der Waals surface area (Å²) in [4.78, 5) is 24.4. The van der Waals surface area contributed by atoms with E-state index < -0.39 is 6.10 Å². The van der Waals surface area contributed by atoms with Crippen molar-refractivity contribution in [3.8, 4) is 0 Å². The number of aliphatic hydroxyl groups excluding tert-OH is 2. The first-order valence-corrected chi connectivity index (χ1v) is 9.99. The van der Waals surface area contributed by atoms with Crippen LogP contribution in [0.3, 0.4) is 0 Å². The van der Waals surface area contributed by atoms with Crippen LogP contribution in [0.15, 0.2) is 23.3 Å². The number of hydrogen-bond donors (Lipinski definition) is 2. The summed E-state index contributed by atoms with van der Waals surface area (Å²) in [6.07, 6.45) is 7.63. The van der Waals surface area contributed by atoms with Crippen LogP contribution in [0.2, 0.25) is 0 Å². The number of fused-ring (bicyclic) bond motifs is 5. The molecule has 7 atom stereocenters. The lowest BCUT2D eigenvalue weighted by Gasteiger charge is -2.58. The Morgan fingerprint density at radius 1 is 1.27 bits per heavy atom. The van der Waals surface area contributed by atoms with Crippen molar-refractivity contribution in [2.45, 2.75) is 59.0 Å². The van der Waals surface area contributed by atoms with Gasteiger partial charge in [-0.3, -0.25) is 9.59 Å². The van der Waals surface area contributed by atoms with E-state index >= 15 is 0 Å². The summed E-state index contributed by atoms with van der Waals surface area (Å²) in [6.45, 7) is 5.78. The number of hydrogen-bond acceptors (Lipinski definition) is 4. The van der Waals surface area contributed by atoms with Gasteiger partial charge in [0, 0.05) is 22.8 Å². The standard InChI is InChI=1S/C22H30O4/c1-12(24)16-6-7-17-15-5-4-14-8-18(25)13(11-23)9-21(14,2)20(15)19(26)10-22(16,17)3/h8-9,15-17,19-20,23,26H,4-7,10-11H2,1-3H3/t15-,16+,17-,19+,20+,21-,22+/m0/s1. The van der Waals surface area contributed by atoms with E-state index in [4.69, 9.17) is 0 Å². The minimum Gasteiger partial charge on any atom is -0.393 e. The highest BCUT2D eigenvalue weighted by atomic mass is 16.3.